The molecule has 178 valence electrons. The van der Waals surface area contributed by atoms with Gasteiger partial charge in [-0.25, -0.2) is 4.68 Å². The predicted molar refractivity (Wildman–Crippen MR) is 148 cm³/mol. The first kappa shape index (κ1) is 24.0. The van der Waals surface area contributed by atoms with Crippen LogP contribution in [0.2, 0.25) is 5.02 Å². The fraction of sp³-hybridized carbons (Fsp3) is 0.0370. The molecule has 5 aromatic rings. The number of carbonyl (C=O) groups excluding carboxylic acids is 1. The highest BCUT2D eigenvalue weighted by atomic mass is 35.5. The van der Waals surface area contributed by atoms with E-state index in [1.54, 1.807) is 6.08 Å². The van der Waals surface area contributed by atoms with E-state index in [9.17, 15) is 4.79 Å². The number of nitrogens with one attached hydrogen (secondary N) is 1. The summed E-state index contributed by atoms with van der Waals surface area (Å²) in [6, 6.07) is 27.4. The summed E-state index contributed by atoms with van der Waals surface area (Å²) in [5.41, 5.74) is 4.55. The Hall–Kier alpha value is -3.72. The lowest BCUT2D eigenvalue weighted by Crippen LogP contribution is -2.07. The second kappa shape index (κ2) is 11.3. The van der Waals surface area contributed by atoms with E-state index < -0.39 is 0 Å². The third-order valence-electron chi connectivity index (χ3n) is 5.17. The smallest absolute Gasteiger partial charge is 0.250 e. The summed E-state index contributed by atoms with van der Waals surface area (Å²) in [5, 5.41) is 17.0. The zero-order valence-electron chi connectivity index (χ0n) is 18.9. The van der Waals surface area contributed by atoms with Gasteiger partial charge in [-0.2, -0.15) is 5.10 Å². The zero-order chi connectivity index (χ0) is 24.7. The van der Waals surface area contributed by atoms with Gasteiger partial charge in [0.2, 0.25) is 11.0 Å². The summed E-state index contributed by atoms with van der Waals surface area (Å²) >= 11 is 9.07. The molecule has 0 radical (unpaired) electrons. The SMILES string of the molecule is O=C(/C=C/c1cn(-c2ccccc2)nc1-c1ccccc1)Nc1nnc(SCc2ccccc2Cl)s1. The lowest BCUT2D eigenvalue weighted by Gasteiger charge is -2.00. The number of hydrogen-bond acceptors (Lipinski definition) is 6. The van der Waals surface area contributed by atoms with Crippen LogP contribution in [0.15, 0.2) is 102 Å². The van der Waals surface area contributed by atoms with E-state index in [-0.39, 0.29) is 5.91 Å². The summed E-state index contributed by atoms with van der Waals surface area (Å²) in [6.45, 7) is 0. The first-order valence-electron chi connectivity index (χ1n) is 11.0. The van der Waals surface area contributed by atoms with Crippen molar-refractivity contribution < 1.29 is 4.79 Å². The van der Waals surface area contributed by atoms with Crippen molar-refractivity contribution in [1.29, 1.82) is 0 Å². The Kier molecular flexibility index (Phi) is 7.56. The number of anilines is 1. The number of para-hydroxylation sites is 1. The van der Waals surface area contributed by atoms with Gasteiger partial charge in [-0.1, -0.05) is 101 Å². The lowest BCUT2D eigenvalue weighted by molar-refractivity contribution is -0.111. The minimum atomic E-state index is -0.291. The van der Waals surface area contributed by atoms with Gasteiger partial charge in [0.15, 0.2) is 4.34 Å². The van der Waals surface area contributed by atoms with Crippen LogP contribution in [0, 0.1) is 0 Å². The Morgan fingerprint density at radius 3 is 2.47 bits per heavy atom. The van der Waals surface area contributed by atoms with Gasteiger partial charge >= 0.3 is 0 Å². The topological polar surface area (TPSA) is 72.7 Å². The molecule has 0 fully saturated rings. The van der Waals surface area contributed by atoms with Gasteiger partial charge in [0.05, 0.1) is 11.4 Å². The fourth-order valence-electron chi connectivity index (χ4n) is 3.43. The molecule has 1 N–H and O–H groups in total. The van der Waals surface area contributed by atoms with Gasteiger partial charge in [0.25, 0.3) is 0 Å². The van der Waals surface area contributed by atoms with Crippen LogP contribution in [-0.2, 0) is 10.5 Å². The first-order valence-corrected chi connectivity index (χ1v) is 13.2. The number of benzene rings is 3. The molecule has 0 aliphatic carbocycles. The summed E-state index contributed by atoms with van der Waals surface area (Å²) in [6.07, 6.45) is 5.16. The van der Waals surface area contributed by atoms with Gasteiger partial charge in [-0.05, 0) is 29.8 Å². The van der Waals surface area contributed by atoms with Crippen LogP contribution in [0.5, 0.6) is 0 Å². The van der Waals surface area contributed by atoms with Crippen molar-refractivity contribution in [3.05, 3.63) is 113 Å². The van der Waals surface area contributed by atoms with E-state index in [2.05, 4.69) is 15.5 Å². The van der Waals surface area contributed by atoms with Crippen LogP contribution in [-0.4, -0.2) is 25.9 Å². The molecule has 0 bridgehead atoms. The first-order chi connectivity index (χ1) is 17.7. The van der Waals surface area contributed by atoms with Crippen LogP contribution in [0.25, 0.3) is 23.0 Å². The van der Waals surface area contributed by atoms with Gasteiger partial charge in [0, 0.05) is 34.2 Å². The monoisotopic (exact) mass is 529 g/mol. The minimum Gasteiger partial charge on any atom is -0.297 e. The number of nitrogens with zero attached hydrogens (tertiary/aromatic N) is 4. The molecular formula is C27H20ClN5OS2. The average Bonchev–Trinajstić information content (AvgIpc) is 3.55. The highest BCUT2D eigenvalue weighted by Gasteiger charge is 2.12. The van der Waals surface area contributed by atoms with E-state index in [1.807, 2.05) is 95.8 Å². The second-order valence-corrected chi connectivity index (χ2v) is 10.3. The number of aromatic nitrogens is 4. The Labute approximate surface area is 221 Å². The van der Waals surface area contributed by atoms with E-state index in [0.29, 0.717) is 10.9 Å². The molecule has 0 saturated carbocycles. The van der Waals surface area contributed by atoms with Gasteiger partial charge in [-0.3, -0.25) is 10.1 Å². The molecular weight excluding hydrogens is 510 g/mol. The molecule has 5 rings (SSSR count). The molecule has 2 heterocycles. The average molecular weight is 530 g/mol. The van der Waals surface area contributed by atoms with Gasteiger partial charge in [0.1, 0.15) is 0 Å². The number of halogens is 1. The number of carbonyl (C=O) groups is 1. The summed E-state index contributed by atoms with van der Waals surface area (Å²) in [5.74, 6) is 0.385. The van der Waals surface area contributed by atoms with Crippen molar-refractivity contribution in [1.82, 2.24) is 20.0 Å². The highest BCUT2D eigenvalue weighted by Crippen LogP contribution is 2.30. The zero-order valence-corrected chi connectivity index (χ0v) is 21.3. The molecule has 0 spiro atoms. The Bertz CT molecular complexity index is 1500. The Morgan fingerprint density at radius 2 is 1.69 bits per heavy atom. The fourth-order valence-corrected chi connectivity index (χ4v) is 5.47. The largest absolute Gasteiger partial charge is 0.297 e. The highest BCUT2D eigenvalue weighted by molar-refractivity contribution is 8.00. The van der Waals surface area contributed by atoms with Crippen LogP contribution in [0.3, 0.4) is 0 Å². The summed E-state index contributed by atoms with van der Waals surface area (Å²) < 4.78 is 2.57. The molecule has 0 atom stereocenters. The number of hydrogen-bond donors (Lipinski definition) is 1. The summed E-state index contributed by atoms with van der Waals surface area (Å²) in [7, 11) is 0. The van der Waals surface area contributed by atoms with Crippen LogP contribution in [0.1, 0.15) is 11.1 Å². The second-order valence-electron chi connectivity index (χ2n) is 7.65. The van der Waals surface area contributed by atoms with E-state index >= 15 is 0 Å². The van der Waals surface area contributed by atoms with Crippen molar-refractivity contribution in [2.45, 2.75) is 10.1 Å². The van der Waals surface area contributed by atoms with E-state index in [1.165, 1.54) is 29.2 Å². The molecule has 9 heteroatoms. The molecule has 1 amide bonds. The molecule has 2 aromatic heterocycles. The van der Waals surface area contributed by atoms with Crippen LogP contribution in [0.4, 0.5) is 5.13 Å². The van der Waals surface area contributed by atoms with Crippen molar-refractivity contribution in [2.75, 3.05) is 5.32 Å². The van der Waals surface area contributed by atoms with Crippen molar-refractivity contribution in [3.63, 3.8) is 0 Å². The summed E-state index contributed by atoms with van der Waals surface area (Å²) in [4.78, 5) is 12.6. The lowest BCUT2D eigenvalue weighted by atomic mass is 10.1. The number of rotatable bonds is 8. The Morgan fingerprint density at radius 1 is 0.972 bits per heavy atom. The van der Waals surface area contributed by atoms with E-state index in [0.717, 1.165) is 37.4 Å². The van der Waals surface area contributed by atoms with Gasteiger partial charge in [-0.15, -0.1) is 10.2 Å². The molecule has 0 unspecified atom stereocenters. The third kappa shape index (κ3) is 5.91. The third-order valence-corrected chi connectivity index (χ3v) is 7.56. The maximum atomic E-state index is 12.6. The maximum absolute atomic E-state index is 12.6. The maximum Gasteiger partial charge on any atom is 0.250 e. The van der Waals surface area contributed by atoms with Crippen LogP contribution < -0.4 is 5.32 Å². The predicted octanol–water partition coefficient (Wildman–Crippen LogP) is 6.99. The van der Waals surface area contributed by atoms with Crippen molar-refractivity contribution in [2.24, 2.45) is 0 Å². The standard InChI is InChI=1S/C27H20ClN5OS2/c28-23-14-8-7-11-21(23)18-35-27-31-30-26(36-27)29-24(34)16-15-20-17-33(22-12-5-2-6-13-22)32-25(20)19-9-3-1-4-10-19/h1-17H,18H2,(H,29,30,34)/b16-15+. The minimum absolute atomic E-state index is 0.291. The molecule has 36 heavy (non-hydrogen) atoms. The molecule has 0 saturated heterocycles. The molecule has 0 aliphatic rings. The normalized spacial score (nSPS) is 11.1. The van der Waals surface area contributed by atoms with Crippen LogP contribution >= 0.6 is 34.7 Å². The van der Waals surface area contributed by atoms with E-state index in [4.69, 9.17) is 16.7 Å². The number of amides is 1. The molecule has 0 aliphatic heterocycles. The Balaban J connectivity index is 1.28. The van der Waals surface area contributed by atoms with Gasteiger partial charge < -0.3 is 0 Å². The van der Waals surface area contributed by atoms with Crippen molar-refractivity contribution in [3.8, 4) is 16.9 Å². The van der Waals surface area contributed by atoms with Crippen molar-refractivity contribution >= 4 is 51.8 Å². The molecule has 3 aromatic carbocycles. The quantitative estimate of drug-likeness (QED) is 0.133. The molecule has 6 nitrogen and oxygen atoms in total. The number of thioether (sulfide) groups is 1.